The van der Waals surface area contributed by atoms with Gasteiger partial charge in [-0.2, -0.15) is 5.26 Å². The zero-order valence-corrected chi connectivity index (χ0v) is 8.42. The van der Waals surface area contributed by atoms with Crippen LogP contribution in [0.2, 0.25) is 0 Å². The van der Waals surface area contributed by atoms with Crippen molar-refractivity contribution in [1.29, 1.82) is 5.26 Å². The third-order valence-electron chi connectivity index (χ3n) is 1.33. The number of nitriles is 1. The van der Waals surface area contributed by atoms with Crippen LogP contribution in [0.3, 0.4) is 0 Å². The first kappa shape index (κ1) is 9.26. The molecule has 0 spiro atoms. The fraction of sp³-hybridized carbons (Fsp3) is 0.125. The van der Waals surface area contributed by atoms with Gasteiger partial charge in [0, 0.05) is 0 Å². The van der Waals surface area contributed by atoms with Gasteiger partial charge in [0.1, 0.15) is 17.6 Å². The van der Waals surface area contributed by atoms with Gasteiger partial charge in [-0.15, -0.1) is 0 Å². The number of rotatable bonds is 1. The zero-order valence-electron chi connectivity index (χ0n) is 6.27. The summed E-state index contributed by atoms with van der Waals surface area (Å²) in [5, 5.41) is 8.60. The molecule has 0 unspecified atom stereocenters. The molecule has 62 valence electrons. The van der Waals surface area contributed by atoms with Crippen molar-refractivity contribution in [2.24, 2.45) is 0 Å². The van der Waals surface area contributed by atoms with Crippen molar-refractivity contribution in [2.75, 3.05) is 7.11 Å². The molecule has 4 heteroatoms. The highest BCUT2D eigenvalue weighted by molar-refractivity contribution is 14.1. The van der Waals surface area contributed by atoms with Crippen molar-refractivity contribution in [1.82, 2.24) is 0 Å². The number of ether oxygens (including phenoxy) is 1. The summed E-state index contributed by atoms with van der Waals surface area (Å²) in [6, 6.07) is 4.33. The molecule has 0 radical (unpaired) electrons. The summed E-state index contributed by atoms with van der Waals surface area (Å²) in [5.74, 6) is 0.0104. The van der Waals surface area contributed by atoms with Crippen LogP contribution < -0.4 is 4.74 Å². The quantitative estimate of drug-likeness (QED) is 0.738. The molecule has 0 heterocycles. The number of hydrogen-bond donors (Lipinski definition) is 0. The van der Waals surface area contributed by atoms with Gasteiger partial charge in [0.05, 0.1) is 16.2 Å². The Kier molecular flexibility index (Phi) is 2.87. The highest BCUT2D eigenvalue weighted by Crippen LogP contribution is 2.25. The van der Waals surface area contributed by atoms with Gasteiger partial charge in [0.25, 0.3) is 0 Å². The Morgan fingerprint density at radius 3 is 2.75 bits per heavy atom. The topological polar surface area (TPSA) is 33.0 Å². The molecule has 0 saturated heterocycles. The lowest BCUT2D eigenvalue weighted by atomic mass is 10.2. The van der Waals surface area contributed by atoms with E-state index in [1.165, 1.54) is 13.2 Å². The van der Waals surface area contributed by atoms with Crippen LogP contribution in [0.25, 0.3) is 0 Å². The molecular weight excluding hydrogens is 272 g/mol. The van der Waals surface area contributed by atoms with Gasteiger partial charge in [-0.1, -0.05) is 0 Å². The summed E-state index contributed by atoms with van der Waals surface area (Å²) in [4.78, 5) is 0. The maximum atomic E-state index is 12.7. The van der Waals surface area contributed by atoms with Gasteiger partial charge in [-0.05, 0) is 34.7 Å². The van der Waals surface area contributed by atoms with Crippen molar-refractivity contribution >= 4 is 22.6 Å². The molecule has 0 N–H and O–H groups in total. The third-order valence-corrected chi connectivity index (χ3v) is 2.13. The van der Waals surface area contributed by atoms with E-state index < -0.39 is 5.82 Å². The summed E-state index contributed by atoms with van der Waals surface area (Å²) in [5.41, 5.74) is 0.224. The Labute approximate surface area is 83.1 Å². The number of hydrogen-bond acceptors (Lipinski definition) is 2. The molecule has 1 rings (SSSR count). The van der Waals surface area contributed by atoms with Gasteiger partial charge in [0.2, 0.25) is 0 Å². The summed E-state index contributed by atoms with van der Waals surface area (Å²) >= 11 is 1.92. The number of halogens is 2. The second-order valence-corrected chi connectivity index (χ2v) is 3.24. The van der Waals surface area contributed by atoms with Crippen molar-refractivity contribution in [3.8, 4) is 11.8 Å². The SMILES string of the molecule is COc1c(I)cc(F)cc1C#N. The molecule has 0 fully saturated rings. The van der Waals surface area contributed by atoms with Crippen LogP contribution in [0.1, 0.15) is 5.56 Å². The van der Waals surface area contributed by atoms with Gasteiger partial charge < -0.3 is 4.74 Å². The Hall–Kier alpha value is -0.830. The second-order valence-electron chi connectivity index (χ2n) is 2.08. The maximum absolute atomic E-state index is 12.7. The Bertz CT molecular complexity index is 346. The minimum absolute atomic E-state index is 0.224. The van der Waals surface area contributed by atoms with Crippen molar-refractivity contribution in [3.05, 3.63) is 27.1 Å². The Balaban J connectivity index is 3.36. The van der Waals surface area contributed by atoms with Gasteiger partial charge in [0.15, 0.2) is 0 Å². The normalized spacial score (nSPS) is 9.17. The van der Waals surface area contributed by atoms with Crippen LogP contribution in [-0.2, 0) is 0 Å². The van der Waals surface area contributed by atoms with Gasteiger partial charge >= 0.3 is 0 Å². The average Bonchev–Trinajstić information content (AvgIpc) is 2.03. The van der Waals surface area contributed by atoms with Crippen molar-refractivity contribution < 1.29 is 9.13 Å². The van der Waals surface area contributed by atoms with Crippen LogP contribution >= 0.6 is 22.6 Å². The monoisotopic (exact) mass is 277 g/mol. The smallest absolute Gasteiger partial charge is 0.150 e. The molecule has 0 aromatic heterocycles. The summed E-state index contributed by atoms with van der Waals surface area (Å²) in [6.07, 6.45) is 0. The lowest BCUT2D eigenvalue weighted by Crippen LogP contribution is -1.92. The first-order chi connectivity index (χ1) is 5.69. The summed E-state index contributed by atoms with van der Waals surface area (Å²) in [6.45, 7) is 0. The fourth-order valence-electron chi connectivity index (χ4n) is 0.851. The Morgan fingerprint density at radius 2 is 2.25 bits per heavy atom. The van der Waals surface area contributed by atoms with E-state index in [-0.39, 0.29) is 5.56 Å². The van der Waals surface area contributed by atoms with E-state index in [0.29, 0.717) is 9.32 Å². The standard InChI is InChI=1S/C8H5FINO/c1-12-8-5(4-11)2-6(9)3-7(8)10/h2-3H,1H3. The molecular formula is C8H5FINO. The predicted molar refractivity (Wildman–Crippen MR) is 50.4 cm³/mol. The lowest BCUT2D eigenvalue weighted by Gasteiger charge is -2.04. The van der Waals surface area contributed by atoms with Crippen LogP contribution in [-0.4, -0.2) is 7.11 Å². The highest BCUT2D eigenvalue weighted by Gasteiger charge is 2.08. The van der Waals surface area contributed by atoms with E-state index in [1.807, 2.05) is 28.7 Å². The molecule has 0 bridgehead atoms. The number of benzene rings is 1. The molecule has 0 aliphatic heterocycles. The largest absolute Gasteiger partial charge is 0.494 e. The first-order valence-corrected chi connectivity index (χ1v) is 4.20. The molecule has 0 aliphatic rings. The van der Waals surface area contributed by atoms with E-state index >= 15 is 0 Å². The van der Waals surface area contributed by atoms with Crippen LogP contribution in [0.5, 0.6) is 5.75 Å². The third kappa shape index (κ3) is 1.67. The van der Waals surface area contributed by atoms with Crippen LogP contribution in [0.15, 0.2) is 12.1 Å². The van der Waals surface area contributed by atoms with Crippen LogP contribution in [0, 0.1) is 20.7 Å². The molecule has 0 saturated carbocycles. The minimum Gasteiger partial charge on any atom is -0.494 e. The van der Waals surface area contributed by atoms with E-state index in [1.54, 1.807) is 0 Å². The van der Waals surface area contributed by atoms with E-state index in [9.17, 15) is 4.39 Å². The molecule has 0 aliphatic carbocycles. The molecule has 0 amide bonds. The lowest BCUT2D eigenvalue weighted by molar-refractivity contribution is 0.409. The Morgan fingerprint density at radius 1 is 1.58 bits per heavy atom. The molecule has 1 aromatic carbocycles. The molecule has 0 atom stereocenters. The van der Waals surface area contributed by atoms with E-state index in [4.69, 9.17) is 10.00 Å². The van der Waals surface area contributed by atoms with Crippen molar-refractivity contribution in [2.45, 2.75) is 0 Å². The molecule has 12 heavy (non-hydrogen) atoms. The number of nitrogens with zero attached hydrogens (tertiary/aromatic N) is 1. The van der Waals surface area contributed by atoms with E-state index in [0.717, 1.165) is 6.07 Å². The summed E-state index contributed by atoms with van der Waals surface area (Å²) < 4.78 is 18.2. The van der Waals surface area contributed by atoms with Crippen molar-refractivity contribution in [3.63, 3.8) is 0 Å². The zero-order chi connectivity index (χ0) is 9.14. The minimum atomic E-state index is -0.420. The second kappa shape index (κ2) is 3.72. The predicted octanol–water partition coefficient (Wildman–Crippen LogP) is 2.31. The van der Waals surface area contributed by atoms with Gasteiger partial charge in [-0.25, -0.2) is 4.39 Å². The maximum Gasteiger partial charge on any atom is 0.150 e. The fourth-order valence-corrected chi connectivity index (χ4v) is 1.66. The molecule has 1 aromatic rings. The highest BCUT2D eigenvalue weighted by atomic mass is 127. The first-order valence-electron chi connectivity index (χ1n) is 3.12. The van der Waals surface area contributed by atoms with E-state index in [2.05, 4.69) is 0 Å². The van der Waals surface area contributed by atoms with Gasteiger partial charge in [-0.3, -0.25) is 0 Å². The average molecular weight is 277 g/mol. The number of methoxy groups -OCH3 is 1. The summed E-state index contributed by atoms with van der Waals surface area (Å²) in [7, 11) is 1.45. The molecule has 2 nitrogen and oxygen atoms in total. The van der Waals surface area contributed by atoms with Crippen LogP contribution in [0.4, 0.5) is 4.39 Å².